The number of esters is 1. The van der Waals surface area contributed by atoms with Crippen molar-refractivity contribution in [3.8, 4) is 0 Å². The standard InChI is InChI=1S/C25H36N2O4/c1-5-18-10-8-11-19(6-2)24(18)26-22(28)15-31-25(30)20-13-23(29)27(14-20)21-12-7-9-16(3)17(21)4/h8,10-11,16-17,20-21H,5-7,9,12-15H2,1-4H3,(H,26,28)/t16-,17-,20-,21-/m0/s1. The molecule has 1 saturated heterocycles. The van der Waals surface area contributed by atoms with E-state index in [0.29, 0.717) is 18.4 Å². The third kappa shape index (κ3) is 5.28. The van der Waals surface area contributed by atoms with Gasteiger partial charge in [0.15, 0.2) is 6.61 Å². The van der Waals surface area contributed by atoms with Gasteiger partial charge >= 0.3 is 5.97 Å². The molecule has 0 unspecified atom stereocenters. The fourth-order valence-electron chi connectivity index (χ4n) is 5.04. The Hall–Kier alpha value is -2.37. The van der Waals surface area contributed by atoms with Crippen LogP contribution in [0.25, 0.3) is 0 Å². The lowest BCUT2D eigenvalue weighted by molar-refractivity contribution is -0.151. The molecule has 170 valence electrons. The Bertz CT molecular complexity index is 799. The van der Waals surface area contributed by atoms with E-state index in [0.717, 1.165) is 42.5 Å². The molecule has 0 radical (unpaired) electrons. The summed E-state index contributed by atoms with van der Waals surface area (Å²) in [7, 11) is 0. The predicted molar refractivity (Wildman–Crippen MR) is 121 cm³/mol. The summed E-state index contributed by atoms with van der Waals surface area (Å²) in [4.78, 5) is 39.5. The molecular formula is C25H36N2O4. The molecule has 2 amide bonds. The highest BCUT2D eigenvalue weighted by Crippen LogP contribution is 2.36. The van der Waals surface area contributed by atoms with Gasteiger partial charge < -0.3 is 15.0 Å². The number of nitrogens with one attached hydrogen (secondary N) is 1. The van der Waals surface area contributed by atoms with Crippen LogP contribution in [0.3, 0.4) is 0 Å². The summed E-state index contributed by atoms with van der Waals surface area (Å²) < 4.78 is 5.31. The lowest BCUT2D eigenvalue weighted by Crippen LogP contribution is -2.45. The quantitative estimate of drug-likeness (QED) is 0.667. The molecule has 1 heterocycles. The van der Waals surface area contributed by atoms with Gasteiger partial charge in [-0.1, -0.05) is 58.7 Å². The van der Waals surface area contributed by atoms with Crippen LogP contribution in [0.5, 0.6) is 0 Å². The lowest BCUT2D eigenvalue weighted by atomic mass is 9.77. The molecule has 0 spiro atoms. The van der Waals surface area contributed by atoms with Gasteiger partial charge in [0, 0.05) is 24.7 Å². The summed E-state index contributed by atoms with van der Waals surface area (Å²) in [6, 6.07) is 6.18. The SMILES string of the molecule is CCc1cccc(CC)c1NC(=O)COC(=O)[C@H]1CC(=O)N([C@H]2CCC[C@H](C)[C@@H]2C)C1. The summed E-state index contributed by atoms with van der Waals surface area (Å²) in [5.74, 6) is -0.243. The molecule has 0 aromatic heterocycles. The van der Waals surface area contributed by atoms with Gasteiger partial charge in [0.25, 0.3) is 5.91 Å². The molecule has 2 aliphatic rings. The number of carbonyl (C=O) groups excluding carboxylic acids is 3. The first kappa shape index (κ1) is 23.3. The average molecular weight is 429 g/mol. The van der Waals surface area contributed by atoms with E-state index in [9.17, 15) is 14.4 Å². The van der Waals surface area contributed by atoms with Gasteiger partial charge in [-0.25, -0.2) is 0 Å². The van der Waals surface area contributed by atoms with E-state index >= 15 is 0 Å². The van der Waals surface area contributed by atoms with Gasteiger partial charge in [-0.3, -0.25) is 14.4 Å². The number of amides is 2. The molecule has 6 heteroatoms. The van der Waals surface area contributed by atoms with Crippen molar-refractivity contribution in [2.45, 2.75) is 72.3 Å². The minimum absolute atomic E-state index is 0.0295. The Morgan fingerprint density at radius 3 is 2.45 bits per heavy atom. The molecule has 1 saturated carbocycles. The van der Waals surface area contributed by atoms with Gasteiger partial charge in [-0.2, -0.15) is 0 Å². The number of aryl methyl sites for hydroxylation is 2. The van der Waals surface area contributed by atoms with Gasteiger partial charge in [0.05, 0.1) is 5.92 Å². The minimum Gasteiger partial charge on any atom is -0.455 e. The molecule has 1 aromatic rings. The summed E-state index contributed by atoms with van der Waals surface area (Å²) >= 11 is 0. The lowest BCUT2D eigenvalue weighted by Gasteiger charge is -2.39. The van der Waals surface area contributed by atoms with Crippen LogP contribution in [0.15, 0.2) is 18.2 Å². The van der Waals surface area contributed by atoms with E-state index < -0.39 is 11.9 Å². The second-order valence-corrected chi connectivity index (χ2v) is 9.10. The number of para-hydroxylation sites is 1. The zero-order valence-electron chi connectivity index (χ0n) is 19.3. The number of carbonyl (C=O) groups is 3. The van der Waals surface area contributed by atoms with E-state index in [1.54, 1.807) is 0 Å². The number of rotatable bonds is 7. The molecule has 1 aliphatic heterocycles. The Kier molecular flexibility index (Phi) is 7.74. The van der Waals surface area contributed by atoms with Crippen LogP contribution in [-0.2, 0) is 32.0 Å². The van der Waals surface area contributed by atoms with Gasteiger partial charge in [-0.15, -0.1) is 0 Å². The van der Waals surface area contributed by atoms with Gasteiger partial charge in [-0.05, 0) is 42.2 Å². The molecule has 1 aliphatic carbocycles. The van der Waals surface area contributed by atoms with Crippen molar-refractivity contribution in [3.63, 3.8) is 0 Å². The van der Waals surface area contributed by atoms with E-state index in [2.05, 4.69) is 19.2 Å². The van der Waals surface area contributed by atoms with E-state index in [-0.39, 0.29) is 30.9 Å². The van der Waals surface area contributed by atoms with Crippen LogP contribution in [0.1, 0.15) is 64.5 Å². The third-order valence-corrected chi connectivity index (χ3v) is 7.16. The average Bonchev–Trinajstić information content (AvgIpc) is 3.15. The van der Waals surface area contributed by atoms with Crippen LogP contribution in [0.2, 0.25) is 0 Å². The molecule has 3 rings (SSSR count). The third-order valence-electron chi connectivity index (χ3n) is 7.16. The molecule has 1 N–H and O–H groups in total. The van der Waals surface area contributed by atoms with Crippen LogP contribution in [0.4, 0.5) is 5.69 Å². The maximum atomic E-state index is 12.6. The van der Waals surface area contributed by atoms with Crippen molar-refractivity contribution in [2.24, 2.45) is 17.8 Å². The highest BCUT2D eigenvalue weighted by Gasteiger charge is 2.42. The normalized spacial score (nSPS) is 26.1. The van der Waals surface area contributed by atoms with E-state index in [1.165, 1.54) is 6.42 Å². The molecule has 31 heavy (non-hydrogen) atoms. The second kappa shape index (κ2) is 10.3. The molecule has 0 bridgehead atoms. The first-order valence-electron chi connectivity index (χ1n) is 11.7. The number of ether oxygens (including phenoxy) is 1. The largest absolute Gasteiger partial charge is 0.455 e. The van der Waals surface area contributed by atoms with Crippen molar-refractivity contribution in [2.75, 3.05) is 18.5 Å². The Morgan fingerprint density at radius 2 is 1.81 bits per heavy atom. The number of benzene rings is 1. The fourth-order valence-corrected chi connectivity index (χ4v) is 5.04. The fraction of sp³-hybridized carbons (Fsp3) is 0.640. The first-order valence-corrected chi connectivity index (χ1v) is 11.7. The van der Waals surface area contributed by atoms with E-state index in [4.69, 9.17) is 4.74 Å². The smallest absolute Gasteiger partial charge is 0.311 e. The molecular weight excluding hydrogens is 392 g/mol. The minimum atomic E-state index is -0.487. The zero-order chi connectivity index (χ0) is 22.5. The Morgan fingerprint density at radius 1 is 1.13 bits per heavy atom. The Balaban J connectivity index is 1.54. The number of likely N-dealkylation sites (tertiary alicyclic amines) is 1. The van der Waals surface area contributed by atoms with Crippen LogP contribution in [-0.4, -0.2) is 41.9 Å². The summed E-state index contributed by atoms with van der Waals surface area (Å²) in [6.07, 6.45) is 5.10. The number of hydrogen-bond donors (Lipinski definition) is 1. The van der Waals surface area contributed by atoms with Crippen LogP contribution < -0.4 is 5.32 Å². The van der Waals surface area contributed by atoms with Crippen molar-refractivity contribution in [3.05, 3.63) is 29.3 Å². The summed E-state index contributed by atoms with van der Waals surface area (Å²) in [5, 5.41) is 2.91. The number of nitrogens with zero attached hydrogens (tertiary/aromatic N) is 1. The summed E-state index contributed by atoms with van der Waals surface area (Å²) in [5.41, 5.74) is 2.94. The first-order chi connectivity index (χ1) is 14.8. The maximum Gasteiger partial charge on any atom is 0.311 e. The molecule has 1 aromatic carbocycles. The molecule has 6 nitrogen and oxygen atoms in total. The maximum absolute atomic E-state index is 12.6. The van der Waals surface area contributed by atoms with Crippen molar-refractivity contribution >= 4 is 23.5 Å². The van der Waals surface area contributed by atoms with Crippen molar-refractivity contribution in [1.82, 2.24) is 4.90 Å². The second-order valence-electron chi connectivity index (χ2n) is 9.10. The Labute approximate surface area is 185 Å². The summed E-state index contributed by atoms with van der Waals surface area (Å²) in [6.45, 7) is 8.60. The van der Waals surface area contributed by atoms with Crippen LogP contribution >= 0.6 is 0 Å². The zero-order valence-corrected chi connectivity index (χ0v) is 19.3. The van der Waals surface area contributed by atoms with Crippen molar-refractivity contribution in [1.29, 1.82) is 0 Å². The van der Waals surface area contributed by atoms with Crippen LogP contribution in [0, 0.1) is 17.8 Å². The predicted octanol–water partition coefficient (Wildman–Crippen LogP) is 3.97. The van der Waals surface area contributed by atoms with Gasteiger partial charge in [0.2, 0.25) is 5.91 Å². The number of anilines is 1. The highest BCUT2D eigenvalue weighted by molar-refractivity contribution is 5.95. The van der Waals surface area contributed by atoms with E-state index in [1.807, 2.05) is 36.9 Å². The number of hydrogen-bond acceptors (Lipinski definition) is 4. The van der Waals surface area contributed by atoms with Crippen molar-refractivity contribution < 1.29 is 19.1 Å². The van der Waals surface area contributed by atoms with Gasteiger partial charge in [0.1, 0.15) is 0 Å². The molecule has 4 atom stereocenters. The molecule has 2 fully saturated rings. The topological polar surface area (TPSA) is 75.7 Å². The monoisotopic (exact) mass is 428 g/mol. The highest BCUT2D eigenvalue weighted by atomic mass is 16.5.